The maximum Gasteiger partial charge on any atom is 0.179 e. The fourth-order valence-electron chi connectivity index (χ4n) is 3.74. The number of nitrogens with one attached hydrogen (secondary N) is 1. The molecule has 134 valence electrons. The molecule has 3 heterocycles. The predicted octanol–water partition coefficient (Wildman–Crippen LogP) is 2.87. The lowest BCUT2D eigenvalue weighted by Crippen LogP contribution is -2.47. The quantitative estimate of drug-likeness (QED) is 0.721. The summed E-state index contributed by atoms with van der Waals surface area (Å²) in [7, 11) is 0. The Morgan fingerprint density at radius 3 is 2.54 bits per heavy atom. The number of carbonyl (C=O) groups excluding carboxylic acids is 1. The van der Waals surface area contributed by atoms with E-state index in [1.807, 2.05) is 49.5 Å². The van der Waals surface area contributed by atoms with E-state index in [2.05, 4.69) is 25.8 Å². The highest BCUT2D eigenvalue weighted by Gasteiger charge is 2.22. The van der Waals surface area contributed by atoms with E-state index < -0.39 is 0 Å². The Kier molecular flexibility index (Phi) is 4.82. The third-order valence-corrected chi connectivity index (χ3v) is 5.12. The molecule has 0 aliphatic carbocycles. The molecule has 1 N–H and O–H groups in total. The SMILES string of the molecule is Cc1[nH]c2ccccc2c1C(=O)CN1CCN(Cc2ccccn2)CC1. The molecular weight excluding hydrogens is 324 g/mol. The third-order valence-electron chi connectivity index (χ3n) is 5.12. The van der Waals surface area contributed by atoms with E-state index in [-0.39, 0.29) is 5.78 Å². The Bertz CT molecular complexity index is 895. The maximum atomic E-state index is 12.9. The second-order valence-electron chi connectivity index (χ2n) is 6.97. The van der Waals surface area contributed by atoms with Crippen LogP contribution in [-0.2, 0) is 6.54 Å². The fraction of sp³-hybridized carbons (Fsp3) is 0.333. The highest BCUT2D eigenvalue weighted by molar-refractivity contribution is 6.10. The molecule has 3 aromatic rings. The van der Waals surface area contributed by atoms with Crippen LogP contribution in [0.1, 0.15) is 21.7 Å². The van der Waals surface area contributed by atoms with Crippen LogP contribution in [0, 0.1) is 6.92 Å². The van der Waals surface area contributed by atoms with E-state index in [0.29, 0.717) is 6.54 Å². The van der Waals surface area contributed by atoms with Gasteiger partial charge in [0.25, 0.3) is 0 Å². The van der Waals surface area contributed by atoms with Crippen LogP contribution in [0.15, 0.2) is 48.7 Å². The molecule has 1 saturated heterocycles. The summed E-state index contributed by atoms with van der Waals surface area (Å²) in [4.78, 5) is 25.3. The number of para-hydroxylation sites is 1. The van der Waals surface area contributed by atoms with Gasteiger partial charge in [-0.1, -0.05) is 24.3 Å². The molecule has 1 aromatic carbocycles. The zero-order chi connectivity index (χ0) is 17.9. The van der Waals surface area contributed by atoms with Crippen LogP contribution >= 0.6 is 0 Å². The zero-order valence-corrected chi connectivity index (χ0v) is 15.1. The lowest BCUT2D eigenvalue weighted by atomic mass is 10.1. The van der Waals surface area contributed by atoms with Crippen molar-refractivity contribution in [2.24, 2.45) is 0 Å². The van der Waals surface area contributed by atoms with Crippen LogP contribution in [0.25, 0.3) is 10.9 Å². The monoisotopic (exact) mass is 348 g/mol. The van der Waals surface area contributed by atoms with E-state index in [4.69, 9.17) is 0 Å². The number of hydrogen-bond donors (Lipinski definition) is 1. The van der Waals surface area contributed by atoms with Gasteiger partial charge >= 0.3 is 0 Å². The molecule has 1 aliphatic rings. The van der Waals surface area contributed by atoms with Gasteiger partial charge in [0.1, 0.15) is 0 Å². The van der Waals surface area contributed by atoms with Gasteiger partial charge in [-0.15, -0.1) is 0 Å². The number of fused-ring (bicyclic) bond motifs is 1. The molecule has 0 spiro atoms. The molecule has 1 aliphatic heterocycles. The molecule has 1 fully saturated rings. The molecule has 0 radical (unpaired) electrons. The first-order chi connectivity index (χ1) is 12.7. The van der Waals surface area contributed by atoms with E-state index in [0.717, 1.165) is 60.6 Å². The molecule has 26 heavy (non-hydrogen) atoms. The highest BCUT2D eigenvalue weighted by atomic mass is 16.1. The summed E-state index contributed by atoms with van der Waals surface area (Å²) in [5, 5.41) is 1.03. The number of aromatic nitrogens is 2. The summed E-state index contributed by atoms with van der Waals surface area (Å²) in [5.74, 6) is 0.207. The lowest BCUT2D eigenvalue weighted by molar-refractivity contribution is 0.0843. The lowest BCUT2D eigenvalue weighted by Gasteiger charge is -2.34. The molecule has 0 amide bonds. The Balaban J connectivity index is 1.37. The molecule has 0 unspecified atom stereocenters. The number of carbonyl (C=O) groups is 1. The number of H-pyrrole nitrogens is 1. The Morgan fingerprint density at radius 2 is 1.77 bits per heavy atom. The number of pyridine rings is 1. The molecule has 0 atom stereocenters. The van der Waals surface area contributed by atoms with Crippen molar-refractivity contribution in [1.29, 1.82) is 0 Å². The number of Topliss-reactive ketones (excluding diaryl/α,β-unsaturated/α-hetero) is 1. The molecule has 2 aromatic heterocycles. The van der Waals surface area contributed by atoms with Crippen molar-refractivity contribution >= 4 is 16.7 Å². The standard InChI is InChI=1S/C21H24N4O/c1-16-21(18-7-2-3-8-19(18)23-16)20(26)15-25-12-10-24(11-13-25)14-17-6-4-5-9-22-17/h2-9,23H,10-15H2,1H3. The van der Waals surface area contributed by atoms with Crippen molar-refractivity contribution in [2.45, 2.75) is 13.5 Å². The topological polar surface area (TPSA) is 52.2 Å². The maximum absolute atomic E-state index is 12.9. The van der Waals surface area contributed by atoms with Crippen molar-refractivity contribution in [1.82, 2.24) is 19.8 Å². The van der Waals surface area contributed by atoms with Crippen molar-refractivity contribution in [3.8, 4) is 0 Å². The second kappa shape index (κ2) is 7.40. The molecule has 0 bridgehead atoms. The first-order valence-corrected chi connectivity index (χ1v) is 9.16. The van der Waals surface area contributed by atoms with Gasteiger partial charge in [-0.25, -0.2) is 0 Å². The predicted molar refractivity (Wildman–Crippen MR) is 103 cm³/mol. The number of nitrogens with zero attached hydrogens (tertiary/aromatic N) is 3. The van der Waals surface area contributed by atoms with Crippen LogP contribution < -0.4 is 0 Å². The second-order valence-corrected chi connectivity index (χ2v) is 6.97. The van der Waals surface area contributed by atoms with Gasteiger partial charge in [0.05, 0.1) is 12.2 Å². The third kappa shape index (κ3) is 3.54. The Morgan fingerprint density at radius 1 is 1.04 bits per heavy atom. The van der Waals surface area contributed by atoms with Gasteiger partial charge in [0.15, 0.2) is 5.78 Å². The van der Waals surface area contributed by atoms with Crippen LogP contribution in [0.4, 0.5) is 0 Å². The van der Waals surface area contributed by atoms with E-state index >= 15 is 0 Å². The Labute approximate surface area is 153 Å². The highest BCUT2D eigenvalue weighted by Crippen LogP contribution is 2.22. The zero-order valence-electron chi connectivity index (χ0n) is 15.1. The normalized spacial score (nSPS) is 16.2. The Hall–Kier alpha value is -2.50. The summed E-state index contributed by atoms with van der Waals surface area (Å²) in [6, 6.07) is 14.1. The number of ketones is 1. The first kappa shape index (κ1) is 16.9. The van der Waals surface area contributed by atoms with Crippen molar-refractivity contribution in [2.75, 3.05) is 32.7 Å². The van der Waals surface area contributed by atoms with Crippen LogP contribution in [-0.4, -0.2) is 58.3 Å². The molecule has 5 heteroatoms. The summed E-state index contributed by atoms with van der Waals surface area (Å²) in [6.45, 7) is 7.12. The smallest absolute Gasteiger partial charge is 0.179 e. The molecular formula is C21H24N4O. The molecule has 5 nitrogen and oxygen atoms in total. The average molecular weight is 348 g/mol. The number of aryl methyl sites for hydroxylation is 1. The number of benzene rings is 1. The van der Waals surface area contributed by atoms with Gasteiger partial charge in [-0.3, -0.25) is 19.6 Å². The summed E-state index contributed by atoms with van der Waals surface area (Å²) < 4.78 is 0. The molecule has 0 saturated carbocycles. The van der Waals surface area contributed by atoms with Gasteiger partial charge in [0, 0.05) is 61.1 Å². The molecule has 4 rings (SSSR count). The van der Waals surface area contributed by atoms with Crippen LogP contribution in [0.3, 0.4) is 0 Å². The first-order valence-electron chi connectivity index (χ1n) is 9.16. The summed E-state index contributed by atoms with van der Waals surface area (Å²) in [6.07, 6.45) is 1.84. The van der Waals surface area contributed by atoms with Crippen molar-refractivity contribution in [3.05, 3.63) is 65.6 Å². The number of hydrogen-bond acceptors (Lipinski definition) is 4. The van der Waals surface area contributed by atoms with Gasteiger partial charge < -0.3 is 4.98 Å². The number of rotatable bonds is 5. The van der Waals surface area contributed by atoms with Crippen molar-refractivity contribution in [3.63, 3.8) is 0 Å². The summed E-state index contributed by atoms with van der Waals surface area (Å²) in [5.41, 5.74) is 3.95. The fourth-order valence-corrected chi connectivity index (χ4v) is 3.74. The minimum atomic E-state index is 0.207. The van der Waals surface area contributed by atoms with E-state index in [1.165, 1.54) is 0 Å². The van der Waals surface area contributed by atoms with Gasteiger partial charge in [0.2, 0.25) is 0 Å². The van der Waals surface area contributed by atoms with Crippen LogP contribution in [0.5, 0.6) is 0 Å². The van der Waals surface area contributed by atoms with Crippen molar-refractivity contribution < 1.29 is 4.79 Å². The van der Waals surface area contributed by atoms with E-state index in [1.54, 1.807) is 0 Å². The minimum Gasteiger partial charge on any atom is -0.358 e. The van der Waals surface area contributed by atoms with E-state index in [9.17, 15) is 4.79 Å². The largest absolute Gasteiger partial charge is 0.358 e. The number of aromatic amines is 1. The average Bonchev–Trinajstić information content (AvgIpc) is 3.00. The van der Waals surface area contributed by atoms with Gasteiger partial charge in [-0.2, -0.15) is 0 Å². The summed E-state index contributed by atoms with van der Waals surface area (Å²) >= 11 is 0. The van der Waals surface area contributed by atoms with Crippen LogP contribution in [0.2, 0.25) is 0 Å². The van der Waals surface area contributed by atoms with Gasteiger partial charge in [-0.05, 0) is 25.1 Å². The minimum absolute atomic E-state index is 0.207. The number of piperazine rings is 1.